The number of hydrogen-bond donors (Lipinski definition) is 1. The van der Waals surface area contributed by atoms with Crippen LogP contribution in [0.15, 0.2) is 24.3 Å². The van der Waals surface area contributed by atoms with Gasteiger partial charge in [-0.1, -0.05) is 43.5 Å². The van der Waals surface area contributed by atoms with Crippen molar-refractivity contribution in [2.24, 2.45) is 11.7 Å². The van der Waals surface area contributed by atoms with Gasteiger partial charge < -0.3 is 5.73 Å². The fourth-order valence-corrected chi connectivity index (χ4v) is 2.56. The number of rotatable bonds is 1. The van der Waals surface area contributed by atoms with Crippen LogP contribution in [0, 0.1) is 5.92 Å². The van der Waals surface area contributed by atoms with E-state index in [1.54, 1.807) is 11.1 Å². The lowest BCUT2D eigenvalue weighted by Gasteiger charge is -2.18. The molecule has 2 aliphatic rings. The molecule has 88 valence electrons. The molecule has 0 radical (unpaired) electrons. The fraction of sp³-hybridized carbons (Fsp3) is 0.600. The Morgan fingerprint density at radius 1 is 0.938 bits per heavy atom. The summed E-state index contributed by atoms with van der Waals surface area (Å²) in [4.78, 5) is 0. The van der Waals surface area contributed by atoms with Crippen LogP contribution < -0.4 is 5.73 Å². The molecule has 0 unspecified atom stereocenters. The van der Waals surface area contributed by atoms with Crippen LogP contribution in [0.2, 0.25) is 0 Å². The first kappa shape index (κ1) is 11.7. The Bertz CT molecular complexity index is 290. The summed E-state index contributed by atoms with van der Waals surface area (Å²) in [6, 6.07) is 8.63. The first-order valence-electron chi connectivity index (χ1n) is 6.67. The number of nitrogens with two attached hydrogens (primary N) is 1. The molecule has 1 fully saturated rings. The van der Waals surface area contributed by atoms with E-state index >= 15 is 0 Å². The molecule has 2 N–H and O–H groups in total. The average molecular weight is 217 g/mol. The zero-order chi connectivity index (χ0) is 11.2. The summed E-state index contributed by atoms with van der Waals surface area (Å²) in [6.45, 7) is 0.917. The Morgan fingerprint density at radius 2 is 1.50 bits per heavy atom. The molecule has 0 aliphatic heterocycles. The topological polar surface area (TPSA) is 26.0 Å². The minimum absolute atomic E-state index is 0.865. The number of fused-ring (bicyclic) bond motifs is 1. The van der Waals surface area contributed by atoms with Crippen LogP contribution in [0.4, 0.5) is 0 Å². The van der Waals surface area contributed by atoms with Gasteiger partial charge in [-0.15, -0.1) is 0 Å². The van der Waals surface area contributed by atoms with Crippen LogP contribution in [-0.2, 0) is 12.8 Å². The summed E-state index contributed by atoms with van der Waals surface area (Å²) >= 11 is 0. The van der Waals surface area contributed by atoms with Gasteiger partial charge >= 0.3 is 0 Å². The standard InChI is InChI=1S/C8H8.C7H15N/c1-2-4-8-6-5-7(8)3-1;8-6-7-4-2-1-3-5-7/h1-4H,5-6H2;7H,1-6,8H2. The van der Waals surface area contributed by atoms with Crippen molar-refractivity contribution in [1.29, 1.82) is 0 Å². The van der Waals surface area contributed by atoms with Gasteiger partial charge in [0.05, 0.1) is 0 Å². The Kier molecular flexibility index (Phi) is 4.41. The molecule has 0 atom stereocenters. The maximum atomic E-state index is 5.50. The molecule has 0 saturated heterocycles. The molecule has 1 aromatic carbocycles. The minimum atomic E-state index is 0.865. The minimum Gasteiger partial charge on any atom is -0.330 e. The molecule has 16 heavy (non-hydrogen) atoms. The van der Waals surface area contributed by atoms with E-state index in [4.69, 9.17) is 5.73 Å². The number of benzene rings is 1. The first-order chi connectivity index (χ1) is 7.90. The van der Waals surface area contributed by atoms with E-state index in [2.05, 4.69) is 24.3 Å². The van der Waals surface area contributed by atoms with Crippen LogP contribution in [0.3, 0.4) is 0 Å². The van der Waals surface area contributed by atoms with E-state index in [0.717, 1.165) is 12.5 Å². The first-order valence-corrected chi connectivity index (χ1v) is 6.67. The summed E-state index contributed by atoms with van der Waals surface area (Å²) in [5.74, 6) is 0.865. The highest BCUT2D eigenvalue weighted by Crippen LogP contribution is 2.22. The third-order valence-electron chi connectivity index (χ3n) is 3.84. The smallest absolute Gasteiger partial charge is 0.00489 e. The van der Waals surface area contributed by atoms with Gasteiger partial charge in [-0.05, 0) is 49.3 Å². The maximum absolute atomic E-state index is 5.50. The molecule has 0 bridgehead atoms. The lowest BCUT2D eigenvalue weighted by atomic mass is 9.89. The molecule has 2 aliphatic carbocycles. The van der Waals surface area contributed by atoms with Crippen molar-refractivity contribution in [3.63, 3.8) is 0 Å². The van der Waals surface area contributed by atoms with Crippen molar-refractivity contribution in [2.75, 3.05) is 6.54 Å². The van der Waals surface area contributed by atoms with E-state index < -0.39 is 0 Å². The van der Waals surface area contributed by atoms with Crippen molar-refractivity contribution in [1.82, 2.24) is 0 Å². The van der Waals surface area contributed by atoms with E-state index in [9.17, 15) is 0 Å². The Labute approximate surface area is 99.0 Å². The fourth-order valence-electron chi connectivity index (χ4n) is 2.56. The van der Waals surface area contributed by atoms with Crippen molar-refractivity contribution < 1.29 is 0 Å². The Hall–Kier alpha value is -0.820. The van der Waals surface area contributed by atoms with Crippen LogP contribution in [-0.4, -0.2) is 6.54 Å². The van der Waals surface area contributed by atoms with Gasteiger partial charge in [-0.2, -0.15) is 0 Å². The molecule has 1 nitrogen and oxygen atoms in total. The zero-order valence-corrected chi connectivity index (χ0v) is 10.1. The maximum Gasteiger partial charge on any atom is -0.00489 e. The second kappa shape index (κ2) is 6.05. The SMILES string of the molecule is NCC1CCCCC1.c1ccc2c(c1)CC2. The number of hydrogen-bond acceptors (Lipinski definition) is 1. The predicted octanol–water partition coefficient (Wildman–Crippen LogP) is 3.31. The highest BCUT2D eigenvalue weighted by Gasteiger charge is 2.10. The second-order valence-corrected chi connectivity index (χ2v) is 5.01. The summed E-state index contributed by atoms with van der Waals surface area (Å²) < 4.78 is 0. The van der Waals surface area contributed by atoms with Gasteiger partial charge in [0, 0.05) is 0 Å². The van der Waals surface area contributed by atoms with Gasteiger partial charge in [-0.3, -0.25) is 0 Å². The van der Waals surface area contributed by atoms with Crippen LogP contribution in [0.25, 0.3) is 0 Å². The van der Waals surface area contributed by atoms with Crippen molar-refractivity contribution >= 4 is 0 Å². The van der Waals surface area contributed by atoms with E-state index in [0.29, 0.717) is 0 Å². The van der Waals surface area contributed by atoms with E-state index in [-0.39, 0.29) is 0 Å². The summed E-state index contributed by atoms with van der Waals surface area (Å²) in [7, 11) is 0. The van der Waals surface area contributed by atoms with Crippen LogP contribution in [0.5, 0.6) is 0 Å². The van der Waals surface area contributed by atoms with E-state index in [1.165, 1.54) is 44.9 Å². The van der Waals surface area contributed by atoms with Crippen molar-refractivity contribution in [2.45, 2.75) is 44.9 Å². The van der Waals surface area contributed by atoms with Gasteiger partial charge in [0.1, 0.15) is 0 Å². The average Bonchev–Trinajstić information content (AvgIpc) is 2.33. The third-order valence-corrected chi connectivity index (χ3v) is 3.84. The molecule has 3 rings (SSSR count). The third kappa shape index (κ3) is 3.08. The predicted molar refractivity (Wildman–Crippen MR) is 69.5 cm³/mol. The van der Waals surface area contributed by atoms with E-state index in [1.807, 2.05) is 0 Å². The van der Waals surface area contributed by atoms with Gasteiger partial charge in [0.25, 0.3) is 0 Å². The van der Waals surface area contributed by atoms with Gasteiger partial charge in [-0.25, -0.2) is 0 Å². The van der Waals surface area contributed by atoms with Gasteiger partial charge in [0.2, 0.25) is 0 Å². The van der Waals surface area contributed by atoms with Crippen molar-refractivity contribution in [3.05, 3.63) is 35.4 Å². The molecular formula is C15H23N. The second-order valence-electron chi connectivity index (χ2n) is 5.01. The summed E-state index contributed by atoms with van der Waals surface area (Å²) in [6.07, 6.45) is 9.65. The summed E-state index contributed by atoms with van der Waals surface area (Å²) in [5, 5.41) is 0. The Balaban J connectivity index is 0.000000120. The summed E-state index contributed by atoms with van der Waals surface area (Å²) in [5.41, 5.74) is 8.60. The molecule has 0 amide bonds. The zero-order valence-electron chi connectivity index (χ0n) is 10.1. The molecule has 1 saturated carbocycles. The molecule has 1 heteroatoms. The molecule has 1 aromatic rings. The lowest BCUT2D eigenvalue weighted by Crippen LogP contribution is -2.16. The van der Waals surface area contributed by atoms with Gasteiger partial charge in [0.15, 0.2) is 0 Å². The van der Waals surface area contributed by atoms with Crippen LogP contribution in [0.1, 0.15) is 43.2 Å². The Morgan fingerprint density at radius 3 is 1.81 bits per heavy atom. The van der Waals surface area contributed by atoms with Crippen molar-refractivity contribution in [3.8, 4) is 0 Å². The molecule has 0 spiro atoms. The molecule has 0 aromatic heterocycles. The number of aryl methyl sites for hydroxylation is 2. The molecular weight excluding hydrogens is 194 g/mol. The quantitative estimate of drug-likeness (QED) is 0.767. The lowest BCUT2D eigenvalue weighted by molar-refractivity contribution is 0.366. The molecule has 0 heterocycles. The normalized spacial score (nSPS) is 19.1. The largest absolute Gasteiger partial charge is 0.330 e. The van der Waals surface area contributed by atoms with Crippen LogP contribution >= 0.6 is 0 Å². The highest BCUT2D eigenvalue weighted by atomic mass is 14.5. The highest BCUT2D eigenvalue weighted by molar-refractivity contribution is 5.34. The monoisotopic (exact) mass is 217 g/mol.